The smallest absolute Gasteiger partial charge is 0.253 e. The van der Waals surface area contributed by atoms with Gasteiger partial charge in [-0.25, -0.2) is 9.97 Å². The van der Waals surface area contributed by atoms with Gasteiger partial charge in [-0.2, -0.15) is 0 Å². The molecule has 25 heavy (non-hydrogen) atoms. The fraction of sp³-hybridized carbons (Fsp3) is 0.188. The Hall–Kier alpha value is -3.49. The quantitative estimate of drug-likeness (QED) is 0.574. The Morgan fingerprint density at radius 1 is 1.32 bits per heavy atom. The lowest BCUT2D eigenvalue weighted by Crippen LogP contribution is -2.24. The van der Waals surface area contributed by atoms with E-state index in [2.05, 4.69) is 25.5 Å². The van der Waals surface area contributed by atoms with Crippen LogP contribution in [0.1, 0.15) is 23.1 Å². The Kier molecular flexibility index (Phi) is 3.53. The molecular formula is C16H16N8O. The number of aromatic nitrogens is 6. The number of amides is 1. The van der Waals surface area contributed by atoms with Gasteiger partial charge >= 0.3 is 0 Å². The molecule has 9 heteroatoms. The van der Waals surface area contributed by atoms with E-state index >= 15 is 0 Å². The van der Waals surface area contributed by atoms with E-state index in [-0.39, 0.29) is 12.5 Å². The predicted octanol–water partition coefficient (Wildman–Crippen LogP) is 1.01. The van der Waals surface area contributed by atoms with Gasteiger partial charge in [0.25, 0.3) is 5.91 Å². The summed E-state index contributed by atoms with van der Waals surface area (Å²) in [5, 5.41) is 11.0. The number of nitrogen functional groups attached to an aromatic ring is 1. The van der Waals surface area contributed by atoms with Crippen molar-refractivity contribution < 1.29 is 4.79 Å². The van der Waals surface area contributed by atoms with Gasteiger partial charge in [0.05, 0.1) is 12.1 Å². The second kappa shape index (κ2) is 5.86. The van der Waals surface area contributed by atoms with E-state index in [0.29, 0.717) is 35.0 Å². The molecule has 0 aliphatic carbocycles. The van der Waals surface area contributed by atoms with Gasteiger partial charge in [0.2, 0.25) is 5.95 Å². The van der Waals surface area contributed by atoms with E-state index in [1.54, 1.807) is 10.6 Å². The van der Waals surface area contributed by atoms with Crippen LogP contribution >= 0.6 is 0 Å². The number of imidazole rings is 1. The van der Waals surface area contributed by atoms with Crippen LogP contribution in [0, 0.1) is 0 Å². The maximum absolute atomic E-state index is 12.4. The van der Waals surface area contributed by atoms with Crippen molar-refractivity contribution in [3.63, 3.8) is 0 Å². The summed E-state index contributed by atoms with van der Waals surface area (Å²) in [6.07, 6.45) is 3.37. The Balaban J connectivity index is 1.55. The summed E-state index contributed by atoms with van der Waals surface area (Å²) in [6, 6.07) is 7.30. The molecule has 126 valence electrons. The van der Waals surface area contributed by atoms with Crippen molar-refractivity contribution in [3.05, 3.63) is 48.0 Å². The molecule has 9 nitrogen and oxygen atoms in total. The van der Waals surface area contributed by atoms with Gasteiger partial charge < -0.3 is 11.1 Å². The fourth-order valence-corrected chi connectivity index (χ4v) is 2.74. The molecule has 4 heterocycles. The van der Waals surface area contributed by atoms with Crippen molar-refractivity contribution >= 4 is 28.7 Å². The van der Waals surface area contributed by atoms with Gasteiger partial charge in [-0.15, -0.1) is 10.2 Å². The number of rotatable bonds is 4. The summed E-state index contributed by atoms with van der Waals surface area (Å²) in [7, 11) is 0. The Morgan fingerprint density at radius 3 is 3.04 bits per heavy atom. The molecule has 0 radical (unpaired) electrons. The Labute approximate surface area is 142 Å². The van der Waals surface area contributed by atoms with Crippen LogP contribution in [0.2, 0.25) is 0 Å². The number of nitrogens with one attached hydrogen (secondary N) is 1. The van der Waals surface area contributed by atoms with E-state index in [1.165, 1.54) is 6.20 Å². The van der Waals surface area contributed by atoms with Crippen molar-refractivity contribution in [2.75, 3.05) is 5.73 Å². The van der Waals surface area contributed by atoms with Crippen molar-refractivity contribution in [2.45, 2.75) is 20.0 Å². The first kappa shape index (κ1) is 15.1. The van der Waals surface area contributed by atoms with E-state index < -0.39 is 0 Å². The first-order valence-electron chi connectivity index (χ1n) is 7.86. The van der Waals surface area contributed by atoms with Gasteiger partial charge in [-0.1, -0.05) is 6.07 Å². The van der Waals surface area contributed by atoms with Crippen LogP contribution in [0.3, 0.4) is 0 Å². The SMILES string of the molecule is CCn1c(N)nc2cc(C(=O)NCc3nnc4ccccn34)cnc21. The number of fused-ring (bicyclic) bond motifs is 2. The molecule has 0 atom stereocenters. The van der Waals surface area contributed by atoms with Crippen molar-refractivity contribution in [1.82, 2.24) is 34.4 Å². The minimum atomic E-state index is -0.258. The second-order valence-electron chi connectivity index (χ2n) is 5.51. The van der Waals surface area contributed by atoms with Crippen LogP contribution < -0.4 is 11.1 Å². The molecule has 0 saturated carbocycles. The lowest BCUT2D eigenvalue weighted by molar-refractivity contribution is 0.0949. The molecule has 4 aromatic heterocycles. The molecule has 0 saturated heterocycles. The summed E-state index contributed by atoms with van der Waals surface area (Å²) in [6.45, 7) is 2.89. The van der Waals surface area contributed by atoms with Crippen LogP contribution in [0.5, 0.6) is 0 Å². The topological polar surface area (TPSA) is 116 Å². The van der Waals surface area contributed by atoms with Crippen LogP contribution in [0.25, 0.3) is 16.8 Å². The highest BCUT2D eigenvalue weighted by Gasteiger charge is 2.13. The van der Waals surface area contributed by atoms with E-state index in [1.807, 2.05) is 35.7 Å². The van der Waals surface area contributed by atoms with E-state index in [9.17, 15) is 4.79 Å². The van der Waals surface area contributed by atoms with Crippen LogP contribution in [-0.2, 0) is 13.1 Å². The number of aryl methyl sites for hydroxylation is 1. The molecule has 0 aliphatic heterocycles. The Bertz CT molecular complexity index is 1080. The third-order valence-electron chi connectivity index (χ3n) is 3.98. The molecular weight excluding hydrogens is 320 g/mol. The maximum Gasteiger partial charge on any atom is 0.253 e. The fourth-order valence-electron chi connectivity index (χ4n) is 2.74. The summed E-state index contributed by atoms with van der Waals surface area (Å²) in [5.74, 6) is 0.779. The zero-order valence-electron chi connectivity index (χ0n) is 13.5. The van der Waals surface area contributed by atoms with Gasteiger partial charge in [0.15, 0.2) is 17.1 Å². The van der Waals surface area contributed by atoms with Crippen molar-refractivity contribution in [3.8, 4) is 0 Å². The summed E-state index contributed by atoms with van der Waals surface area (Å²) >= 11 is 0. The van der Waals surface area contributed by atoms with Gasteiger partial charge in [-0.05, 0) is 25.1 Å². The van der Waals surface area contributed by atoms with E-state index in [4.69, 9.17) is 5.73 Å². The first-order valence-corrected chi connectivity index (χ1v) is 7.86. The maximum atomic E-state index is 12.4. The molecule has 0 unspecified atom stereocenters. The number of hydrogen-bond donors (Lipinski definition) is 2. The summed E-state index contributed by atoms with van der Waals surface area (Å²) in [4.78, 5) is 21.0. The van der Waals surface area contributed by atoms with Crippen LogP contribution in [0.4, 0.5) is 5.95 Å². The number of nitrogens with two attached hydrogens (primary N) is 1. The third-order valence-corrected chi connectivity index (χ3v) is 3.98. The summed E-state index contributed by atoms with van der Waals surface area (Å²) < 4.78 is 3.62. The van der Waals surface area contributed by atoms with Gasteiger partial charge in [-0.3, -0.25) is 13.8 Å². The number of hydrogen-bond acceptors (Lipinski definition) is 6. The molecule has 0 spiro atoms. The molecule has 0 aliphatic rings. The minimum Gasteiger partial charge on any atom is -0.369 e. The van der Waals surface area contributed by atoms with Crippen molar-refractivity contribution in [1.29, 1.82) is 0 Å². The highest BCUT2D eigenvalue weighted by Crippen LogP contribution is 2.16. The van der Waals surface area contributed by atoms with Crippen LogP contribution in [-0.4, -0.2) is 35.0 Å². The average molecular weight is 336 g/mol. The molecule has 0 fully saturated rings. The van der Waals surface area contributed by atoms with Gasteiger partial charge in [0.1, 0.15) is 5.52 Å². The number of pyridine rings is 2. The summed E-state index contributed by atoms with van der Waals surface area (Å²) in [5.41, 5.74) is 8.27. The van der Waals surface area contributed by atoms with E-state index in [0.717, 1.165) is 5.65 Å². The standard InChI is InChI=1S/C16H16N8O/c1-2-23-14-11(20-16(23)17)7-10(8-18-14)15(25)19-9-13-22-21-12-5-3-4-6-24(12)13/h3-8H,2,9H2,1H3,(H2,17,20)(H,19,25). The largest absolute Gasteiger partial charge is 0.369 e. The Morgan fingerprint density at radius 2 is 2.20 bits per heavy atom. The zero-order chi connectivity index (χ0) is 17.4. The average Bonchev–Trinajstić information content (AvgIpc) is 3.18. The number of anilines is 1. The lowest BCUT2D eigenvalue weighted by Gasteiger charge is -2.04. The first-order chi connectivity index (χ1) is 12.2. The second-order valence-corrected chi connectivity index (χ2v) is 5.51. The highest BCUT2D eigenvalue weighted by atomic mass is 16.1. The number of carbonyl (C=O) groups excluding carboxylic acids is 1. The van der Waals surface area contributed by atoms with Crippen molar-refractivity contribution in [2.24, 2.45) is 0 Å². The van der Waals surface area contributed by atoms with Crippen LogP contribution in [0.15, 0.2) is 36.7 Å². The molecule has 0 aromatic carbocycles. The van der Waals surface area contributed by atoms with Gasteiger partial charge in [0, 0.05) is 18.9 Å². The normalized spacial score (nSPS) is 11.2. The molecule has 1 amide bonds. The minimum absolute atomic E-state index is 0.258. The molecule has 4 rings (SSSR count). The zero-order valence-corrected chi connectivity index (χ0v) is 13.5. The number of carbonyl (C=O) groups is 1. The highest BCUT2D eigenvalue weighted by molar-refractivity contribution is 5.96. The lowest BCUT2D eigenvalue weighted by atomic mass is 10.2. The molecule has 3 N–H and O–H groups in total. The number of nitrogens with zero attached hydrogens (tertiary/aromatic N) is 6. The predicted molar refractivity (Wildman–Crippen MR) is 91.8 cm³/mol. The molecule has 4 aromatic rings. The molecule has 0 bridgehead atoms. The third kappa shape index (κ3) is 2.55. The monoisotopic (exact) mass is 336 g/mol.